The molecule has 0 spiro atoms. The summed E-state index contributed by atoms with van der Waals surface area (Å²) >= 11 is 6.24. The maximum absolute atomic E-state index is 12.0. The van der Waals surface area contributed by atoms with Gasteiger partial charge in [-0.2, -0.15) is 0 Å². The monoisotopic (exact) mass is 279 g/mol. The van der Waals surface area contributed by atoms with Gasteiger partial charge in [0, 0.05) is 37.9 Å². The number of amides is 1. The molecule has 3 rings (SSSR count). The van der Waals surface area contributed by atoms with Crippen molar-refractivity contribution < 1.29 is 4.79 Å². The van der Waals surface area contributed by atoms with Gasteiger partial charge in [0.15, 0.2) is 0 Å². The molecule has 1 amide bonds. The first-order valence-electron chi connectivity index (χ1n) is 6.80. The van der Waals surface area contributed by atoms with Crippen LogP contribution in [0.15, 0.2) is 18.2 Å². The Morgan fingerprint density at radius 2 is 2.05 bits per heavy atom. The predicted octanol–water partition coefficient (Wildman–Crippen LogP) is 1.64. The van der Waals surface area contributed by atoms with Gasteiger partial charge in [-0.1, -0.05) is 11.6 Å². The molecule has 19 heavy (non-hydrogen) atoms. The number of hydrogen-bond donors (Lipinski definition) is 2. The highest BCUT2D eigenvalue weighted by Crippen LogP contribution is 2.25. The number of hydrogen-bond acceptors (Lipinski definition) is 3. The summed E-state index contributed by atoms with van der Waals surface area (Å²) in [7, 11) is 0. The van der Waals surface area contributed by atoms with Crippen LogP contribution in [0.3, 0.4) is 0 Å². The summed E-state index contributed by atoms with van der Waals surface area (Å²) < 4.78 is 0. The third-order valence-corrected chi connectivity index (χ3v) is 3.90. The summed E-state index contributed by atoms with van der Waals surface area (Å²) in [5.74, 6) is -0.0561. The molecule has 2 N–H and O–H groups in total. The van der Waals surface area contributed by atoms with Gasteiger partial charge < -0.3 is 15.5 Å². The number of piperazine rings is 1. The molecule has 2 aliphatic rings. The van der Waals surface area contributed by atoms with Crippen molar-refractivity contribution in [2.24, 2.45) is 0 Å². The van der Waals surface area contributed by atoms with Gasteiger partial charge >= 0.3 is 0 Å². The number of nitrogens with zero attached hydrogens (tertiary/aromatic N) is 1. The third-order valence-electron chi connectivity index (χ3n) is 3.59. The van der Waals surface area contributed by atoms with Crippen LogP contribution < -0.4 is 15.5 Å². The van der Waals surface area contributed by atoms with E-state index in [0.717, 1.165) is 44.7 Å². The smallest absolute Gasteiger partial charge is 0.253 e. The quantitative estimate of drug-likeness (QED) is 0.884. The van der Waals surface area contributed by atoms with E-state index in [4.69, 9.17) is 11.6 Å². The number of halogens is 1. The first-order valence-corrected chi connectivity index (χ1v) is 7.18. The molecule has 4 nitrogen and oxygen atoms in total. The molecular formula is C14H18ClN3O. The van der Waals surface area contributed by atoms with Crippen molar-refractivity contribution in [3.05, 3.63) is 28.8 Å². The van der Waals surface area contributed by atoms with Gasteiger partial charge in [-0.05, 0) is 31.0 Å². The van der Waals surface area contributed by atoms with Crippen molar-refractivity contribution >= 4 is 23.2 Å². The second-order valence-electron chi connectivity index (χ2n) is 5.15. The highest BCUT2D eigenvalue weighted by molar-refractivity contribution is 6.34. The molecule has 1 aliphatic heterocycles. The van der Waals surface area contributed by atoms with Crippen molar-refractivity contribution in [2.45, 2.75) is 18.9 Å². The lowest BCUT2D eigenvalue weighted by atomic mass is 10.1. The van der Waals surface area contributed by atoms with Crippen molar-refractivity contribution in [1.82, 2.24) is 10.6 Å². The second-order valence-corrected chi connectivity index (χ2v) is 5.56. The van der Waals surface area contributed by atoms with Crippen molar-refractivity contribution in [3.8, 4) is 0 Å². The Hall–Kier alpha value is -1.26. The molecule has 1 aromatic rings. The van der Waals surface area contributed by atoms with Gasteiger partial charge in [0.05, 0.1) is 10.6 Å². The molecule has 1 aromatic carbocycles. The van der Waals surface area contributed by atoms with Gasteiger partial charge in [0.2, 0.25) is 0 Å². The average Bonchev–Trinajstić information content (AvgIpc) is 3.23. The Morgan fingerprint density at radius 3 is 2.68 bits per heavy atom. The number of carbonyl (C=O) groups is 1. The first-order chi connectivity index (χ1) is 9.24. The molecule has 0 atom stereocenters. The Bertz CT molecular complexity index is 482. The van der Waals surface area contributed by atoms with E-state index < -0.39 is 0 Å². The molecule has 1 saturated heterocycles. The van der Waals surface area contributed by atoms with Crippen LogP contribution in [-0.2, 0) is 0 Å². The third kappa shape index (κ3) is 3.01. The SMILES string of the molecule is O=C(NC1CC1)c1ccc(N2CCNCC2)cc1Cl. The van der Waals surface area contributed by atoms with Crippen LogP contribution in [0.1, 0.15) is 23.2 Å². The minimum absolute atomic E-state index is 0.0561. The molecular weight excluding hydrogens is 262 g/mol. The highest BCUT2D eigenvalue weighted by Gasteiger charge is 2.25. The van der Waals surface area contributed by atoms with Crippen LogP contribution in [0.4, 0.5) is 5.69 Å². The lowest BCUT2D eigenvalue weighted by molar-refractivity contribution is 0.0951. The largest absolute Gasteiger partial charge is 0.369 e. The Morgan fingerprint density at radius 1 is 1.32 bits per heavy atom. The molecule has 1 aliphatic carbocycles. The maximum atomic E-state index is 12.0. The lowest BCUT2D eigenvalue weighted by Crippen LogP contribution is -2.43. The van der Waals surface area contributed by atoms with Gasteiger partial charge in [0.1, 0.15) is 0 Å². The first kappa shape index (κ1) is 12.8. The van der Waals surface area contributed by atoms with Crippen LogP contribution in [0.2, 0.25) is 5.02 Å². The van der Waals surface area contributed by atoms with E-state index in [2.05, 4.69) is 15.5 Å². The molecule has 2 fully saturated rings. The average molecular weight is 280 g/mol. The highest BCUT2D eigenvalue weighted by atomic mass is 35.5. The Labute approximate surface area is 118 Å². The minimum Gasteiger partial charge on any atom is -0.369 e. The van der Waals surface area contributed by atoms with Crippen molar-refractivity contribution in [1.29, 1.82) is 0 Å². The summed E-state index contributed by atoms with van der Waals surface area (Å²) in [5, 5.41) is 6.82. The van der Waals surface area contributed by atoms with Gasteiger partial charge in [-0.15, -0.1) is 0 Å². The minimum atomic E-state index is -0.0561. The van der Waals surface area contributed by atoms with Gasteiger partial charge in [0.25, 0.3) is 5.91 Å². The zero-order valence-corrected chi connectivity index (χ0v) is 11.5. The standard InChI is InChI=1S/C14H18ClN3O/c15-13-9-11(18-7-5-16-6-8-18)3-4-12(13)14(19)17-10-1-2-10/h3-4,9-10,16H,1-2,5-8H2,(H,17,19). The number of carbonyl (C=O) groups excluding carboxylic acids is 1. The molecule has 0 aromatic heterocycles. The Kier molecular flexibility index (Phi) is 3.62. The molecule has 102 valence electrons. The molecule has 5 heteroatoms. The fraction of sp³-hybridized carbons (Fsp3) is 0.500. The summed E-state index contributed by atoms with van der Waals surface area (Å²) in [6.07, 6.45) is 2.17. The Balaban J connectivity index is 1.74. The van der Waals surface area contributed by atoms with Gasteiger partial charge in [-0.25, -0.2) is 0 Å². The second kappa shape index (κ2) is 5.39. The lowest BCUT2D eigenvalue weighted by Gasteiger charge is -2.29. The number of anilines is 1. The zero-order valence-electron chi connectivity index (χ0n) is 10.8. The molecule has 1 saturated carbocycles. The fourth-order valence-corrected chi connectivity index (χ4v) is 2.56. The van der Waals surface area contributed by atoms with E-state index in [1.54, 1.807) is 0 Å². The summed E-state index contributed by atoms with van der Waals surface area (Å²) in [6.45, 7) is 3.93. The van der Waals surface area contributed by atoms with E-state index in [9.17, 15) is 4.79 Å². The van der Waals surface area contributed by atoms with Crippen LogP contribution in [0, 0.1) is 0 Å². The maximum Gasteiger partial charge on any atom is 0.253 e. The van der Waals surface area contributed by atoms with Crippen molar-refractivity contribution in [3.63, 3.8) is 0 Å². The summed E-state index contributed by atoms with van der Waals surface area (Å²) in [6, 6.07) is 6.07. The van der Waals surface area contributed by atoms with Gasteiger partial charge in [-0.3, -0.25) is 4.79 Å². The van der Waals surface area contributed by atoms with E-state index in [-0.39, 0.29) is 5.91 Å². The molecule has 0 bridgehead atoms. The van der Waals surface area contributed by atoms with E-state index in [1.165, 1.54) is 0 Å². The van der Waals surface area contributed by atoms with E-state index in [1.807, 2.05) is 18.2 Å². The van der Waals surface area contributed by atoms with E-state index >= 15 is 0 Å². The van der Waals surface area contributed by atoms with Crippen LogP contribution in [0.5, 0.6) is 0 Å². The molecule has 0 radical (unpaired) electrons. The van der Waals surface area contributed by atoms with Crippen LogP contribution in [0.25, 0.3) is 0 Å². The normalized spacial score (nSPS) is 19.3. The zero-order chi connectivity index (χ0) is 13.2. The molecule has 1 heterocycles. The topological polar surface area (TPSA) is 44.4 Å². The van der Waals surface area contributed by atoms with Crippen LogP contribution >= 0.6 is 11.6 Å². The summed E-state index contributed by atoms with van der Waals surface area (Å²) in [4.78, 5) is 14.3. The van der Waals surface area contributed by atoms with Crippen molar-refractivity contribution in [2.75, 3.05) is 31.1 Å². The van der Waals surface area contributed by atoms with E-state index in [0.29, 0.717) is 16.6 Å². The fourth-order valence-electron chi connectivity index (χ4n) is 2.30. The summed E-state index contributed by atoms with van der Waals surface area (Å²) in [5.41, 5.74) is 1.67. The number of nitrogens with one attached hydrogen (secondary N) is 2. The predicted molar refractivity (Wildman–Crippen MR) is 77.0 cm³/mol. The number of benzene rings is 1. The number of rotatable bonds is 3. The van der Waals surface area contributed by atoms with Crippen LogP contribution in [-0.4, -0.2) is 38.1 Å². The molecule has 0 unspecified atom stereocenters.